The van der Waals surface area contributed by atoms with Crippen molar-refractivity contribution >= 4 is 39.9 Å². The minimum Gasteiger partial charge on any atom is -0.479 e. The molecule has 0 bridgehead atoms. The number of aliphatic carboxylic acids is 2. The van der Waals surface area contributed by atoms with E-state index in [1.165, 1.54) is 18.5 Å². The van der Waals surface area contributed by atoms with Crippen molar-refractivity contribution in [2.75, 3.05) is 5.32 Å². The number of carboxylic acid groups (broad SMARTS) is 2. The lowest BCUT2D eigenvalue weighted by Gasteiger charge is -2.20. The number of anilines is 1. The molecule has 0 amide bonds. The number of carbonyl (C=O) groups is 2. The van der Waals surface area contributed by atoms with Gasteiger partial charge in [0, 0.05) is 0 Å². The number of halogens is 1. The minimum absolute atomic E-state index is 0.213. The number of aliphatic hydroxyl groups is 2. The molecule has 212 valence electrons. The summed E-state index contributed by atoms with van der Waals surface area (Å²) in [6.07, 6.45) is -0.978. The fourth-order valence-corrected chi connectivity index (χ4v) is 3.98. The van der Waals surface area contributed by atoms with E-state index in [4.69, 9.17) is 24.8 Å². The molecule has 5 aromatic rings. The topological polar surface area (TPSA) is 212 Å². The Hall–Kier alpha value is -5.21. The molecule has 0 aliphatic carbocycles. The highest BCUT2D eigenvalue weighted by Gasteiger charge is 2.29. The van der Waals surface area contributed by atoms with Gasteiger partial charge < -0.3 is 35.1 Å². The molecule has 6 N–H and O–H groups in total. The standard InChI is InChI=1S/C23H18FN5O2.C4H6O6/c1-2-16(29-23-19-22(26-11-25-19)27-12-28-23)21-18(13-6-5-7-14(24)10-13)20(30)15-8-3-4-9-17(15)31-21;5-1(3(7)8)2(6)4(9)10/h3-12,16H,2H2,1H3,(H2,25,26,27,28,29);1-2,5-6H,(H,7,8)(H,9,10). The van der Waals surface area contributed by atoms with E-state index in [0.717, 1.165) is 0 Å². The second kappa shape index (κ2) is 12.3. The summed E-state index contributed by atoms with van der Waals surface area (Å²) in [6, 6.07) is 12.6. The van der Waals surface area contributed by atoms with Crippen LogP contribution >= 0.6 is 0 Å². The number of para-hydroxylation sites is 1. The van der Waals surface area contributed by atoms with Crippen LogP contribution in [0.15, 0.2) is 70.4 Å². The number of aliphatic hydroxyl groups excluding tert-OH is 2. The predicted octanol–water partition coefficient (Wildman–Crippen LogP) is 2.71. The summed E-state index contributed by atoms with van der Waals surface area (Å²) in [5.74, 6) is -3.03. The van der Waals surface area contributed by atoms with Crippen molar-refractivity contribution in [2.24, 2.45) is 0 Å². The summed E-state index contributed by atoms with van der Waals surface area (Å²) in [6.45, 7) is 1.96. The lowest BCUT2D eigenvalue weighted by atomic mass is 9.97. The number of hydrogen-bond acceptors (Lipinski definition) is 10. The Morgan fingerprint density at radius 2 is 1.73 bits per heavy atom. The van der Waals surface area contributed by atoms with Crippen molar-refractivity contribution in [1.82, 2.24) is 19.9 Å². The predicted molar refractivity (Wildman–Crippen MR) is 144 cm³/mol. The second-order valence-electron chi connectivity index (χ2n) is 8.67. The van der Waals surface area contributed by atoms with Crippen LogP contribution < -0.4 is 10.7 Å². The van der Waals surface area contributed by atoms with E-state index in [2.05, 4.69) is 25.3 Å². The zero-order chi connectivity index (χ0) is 29.7. The summed E-state index contributed by atoms with van der Waals surface area (Å²) in [5, 5.41) is 36.3. The fraction of sp³-hybridized carbons (Fsp3) is 0.185. The Balaban J connectivity index is 0.000000334. The lowest BCUT2D eigenvalue weighted by Crippen LogP contribution is -2.39. The molecule has 0 saturated heterocycles. The highest BCUT2D eigenvalue weighted by atomic mass is 19.1. The molecule has 3 unspecified atom stereocenters. The number of hydrogen-bond donors (Lipinski definition) is 6. The summed E-state index contributed by atoms with van der Waals surface area (Å²) >= 11 is 0. The first kappa shape index (κ1) is 28.8. The molecule has 41 heavy (non-hydrogen) atoms. The highest BCUT2D eigenvalue weighted by Crippen LogP contribution is 2.33. The van der Waals surface area contributed by atoms with Gasteiger partial charge in [-0.3, -0.25) is 4.79 Å². The number of fused-ring (bicyclic) bond motifs is 2. The highest BCUT2D eigenvalue weighted by molar-refractivity contribution is 5.85. The van der Waals surface area contributed by atoms with Crippen molar-refractivity contribution in [3.8, 4) is 11.1 Å². The lowest BCUT2D eigenvalue weighted by molar-refractivity contribution is -0.165. The SMILES string of the molecule is CCC(Nc1ncnc2[nH]cnc12)c1oc2ccccc2c(=O)c1-c1cccc(F)c1.O=C(O)C(O)C(O)C(=O)O. The maximum Gasteiger partial charge on any atom is 0.335 e. The molecule has 0 aliphatic heterocycles. The molecule has 0 saturated carbocycles. The first-order valence-corrected chi connectivity index (χ1v) is 12.2. The van der Waals surface area contributed by atoms with Crippen LogP contribution in [0.3, 0.4) is 0 Å². The third kappa shape index (κ3) is 6.18. The van der Waals surface area contributed by atoms with Gasteiger partial charge in [0.15, 0.2) is 23.7 Å². The van der Waals surface area contributed by atoms with Gasteiger partial charge in [-0.05, 0) is 36.2 Å². The van der Waals surface area contributed by atoms with E-state index < -0.39 is 36.0 Å². The zero-order valence-corrected chi connectivity index (χ0v) is 21.4. The number of nitrogens with zero attached hydrogens (tertiary/aromatic N) is 3. The third-order valence-corrected chi connectivity index (χ3v) is 6.00. The average Bonchev–Trinajstić information content (AvgIpc) is 3.45. The van der Waals surface area contributed by atoms with Crippen LogP contribution in [-0.2, 0) is 9.59 Å². The molecule has 0 fully saturated rings. The van der Waals surface area contributed by atoms with Crippen LogP contribution in [0.5, 0.6) is 0 Å². The summed E-state index contributed by atoms with van der Waals surface area (Å²) in [5.41, 5.74) is 2.21. The molecule has 0 aliphatic rings. The molecule has 0 radical (unpaired) electrons. The molecule has 14 heteroatoms. The molecule has 13 nitrogen and oxygen atoms in total. The van der Waals surface area contributed by atoms with Gasteiger partial charge in [-0.2, -0.15) is 0 Å². The third-order valence-electron chi connectivity index (χ3n) is 6.00. The van der Waals surface area contributed by atoms with Crippen LogP contribution in [0.2, 0.25) is 0 Å². The normalized spacial score (nSPS) is 13.2. The van der Waals surface area contributed by atoms with Gasteiger partial charge in [0.25, 0.3) is 0 Å². The van der Waals surface area contributed by atoms with E-state index in [-0.39, 0.29) is 5.43 Å². The van der Waals surface area contributed by atoms with E-state index in [1.807, 2.05) is 13.0 Å². The maximum absolute atomic E-state index is 14.0. The summed E-state index contributed by atoms with van der Waals surface area (Å²) in [7, 11) is 0. The summed E-state index contributed by atoms with van der Waals surface area (Å²) in [4.78, 5) is 48.7. The second-order valence-corrected chi connectivity index (χ2v) is 8.67. The number of rotatable bonds is 8. The number of carboxylic acids is 2. The number of aromatic amines is 1. The Morgan fingerprint density at radius 3 is 2.39 bits per heavy atom. The van der Waals surface area contributed by atoms with Crippen molar-refractivity contribution < 1.29 is 38.8 Å². The monoisotopic (exact) mass is 565 g/mol. The van der Waals surface area contributed by atoms with Crippen LogP contribution in [0.25, 0.3) is 33.3 Å². The van der Waals surface area contributed by atoms with Crippen molar-refractivity contribution in [2.45, 2.75) is 31.6 Å². The number of benzene rings is 2. The number of aromatic nitrogens is 4. The van der Waals surface area contributed by atoms with E-state index in [0.29, 0.717) is 51.3 Å². The molecule has 3 aromatic heterocycles. The van der Waals surface area contributed by atoms with E-state index >= 15 is 0 Å². The van der Waals surface area contributed by atoms with Crippen LogP contribution in [0.4, 0.5) is 10.2 Å². The van der Waals surface area contributed by atoms with Gasteiger partial charge in [0.2, 0.25) is 5.43 Å². The molecule has 3 atom stereocenters. The Bertz CT molecular complexity index is 1750. The minimum atomic E-state index is -2.27. The van der Waals surface area contributed by atoms with Gasteiger partial charge >= 0.3 is 11.9 Å². The Labute approximate surface area is 230 Å². The van der Waals surface area contributed by atoms with Crippen LogP contribution in [-0.4, -0.2) is 64.5 Å². The van der Waals surface area contributed by atoms with Crippen molar-refractivity contribution in [1.29, 1.82) is 0 Å². The Morgan fingerprint density at radius 1 is 1.02 bits per heavy atom. The zero-order valence-electron chi connectivity index (χ0n) is 21.4. The average molecular weight is 566 g/mol. The van der Waals surface area contributed by atoms with Crippen LogP contribution in [0, 0.1) is 5.82 Å². The van der Waals surface area contributed by atoms with Crippen LogP contribution in [0.1, 0.15) is 25.1 Å². The fourth-order valence-electron chi connectivity index (χ4n) is 3.98. The number of nitrogens with one attached hydrogen (secondary N) is 2. The van der Waals surface area contributed by atoms with Gasteiger partial charge in [-0.1, -0.05) is 31.2 Å². The number of imidazole rings is 1. The van der Waals surface area contributed by atoms with E-state index in [1.54, 1.807) is 36.7 Å². The van der Waals surface area contributed by atoms with E-state index in [9.17, 15) is 18.8 Å². The molecule has 3 heterocycles. The molecule has 0 spiro atoms. The van der Waals surface area contributed by atoms with Gasteiger partial charge in [0.05, 0.1) is 23.3 Å². The number of H-pyrrole nitrogens is 1. The molecule has 2 aromatic carbocycles. The van der Waals surface area contributed by atoms with Gasteiger partial charge in [-0.25, -0.2) is 28.9 Å². The quantitative estimate of drug-likeness (QED) is 0.160. The molecular formula is C27H24FN5O8. The smallest absolute Gasteiger partial charge is 0.335 e. The maximum atomic E-state index is 14.0. The van der Waals surface area contributed by atoms with Crippen molar-refractivity contribution in [3.63, 3.8) is 0 Å². The summed E-state index contributed by atoms with van der Waals surface area (Å²) < 4.78 is 20.3. The first-order chi connectivity index (χ1) is 19.6. The van der Waals surface area contributed by atoms with Gasteiger partial charge in [-0.15, -0.1) is 0 Å². The largest absolute Gasteiger partial charge is 0.479 e. The van der Waals surface area contributed by atoms with Crippen molar-refractivity contribution in [3.05, 3.63) is 83.0 Å². The molecular weight excluding hydrogens is 541 g/mol. The first-order valence-electron chi connectivity index (χ1n) is 12.2. The molecule has 5 rings (SSSR count). The Kier molecular flexibility index (Phi) is 8.65. The van der Waals surface area contributed by atoms with Gasteiger partial charge in [0.1, 0.15) is 29.0 Å².